The second kappa shape index (κ2) is 5.99. The number of rotatable bonds is 2. The minimum atomic E-state index is -0.509. The zero-order valence-electron chi connectivity index (χ0n) is 11.5. The quantitative estimate of drug-likeness (QED) is 0.498. The second-order valence-electron chi connectivity index (χ2n) is 4.91. The Morgan fingerprint density at radius 1 is 1.18 bits per heavy atom. The molecule has 0 spiro atoms. The summed E-state index contributed by atoms with van der Waals surface area (Å²) in [6, 6.07) is 13.0. The molecule has 1 heterocycles. The SMILES string of the molecule is Cc1c(Cl)ccc2c(C(=O)Cl)cc(-c3cccc(Br)c3)nc12. The Labute approximate surface area is 146 Å². The van der Waals surface area contributed by atoms with Gasteiger partial charge in [0.05, 0.1) is 11.2 Å². The molecule has 0 saturated carbocycles. The molecular formula is C17H10BrCl2NO. The maximum Gasteiger partial charge on any atom is 0.253 e. The molecule has 0 radical (unpaired) electrons. The summed E-state index contributed by atoms with van der Waals surface area (Å²) in [5, 5.41) is 0.811. The highest BCUT2D eigenvalue weighted by Crippen LogP contribution is 2.31. The fourth-order valence-corrected chi connectivity index (χ4v) is 3.07. The number of benzene rings is 2. The van der Waals surface area contributed by atoms with E-state index in [1.807, 2.05) is 31.2 Å². The third-order valence-corrected chi connectivity index (χ3v) is 4.61. The van der Waals surface area contributed by atoms with Crippen molar-refractivity contribution in [2.75, 3.05) is 0 Å². The number of fused-ring (bicyclic) bond motifs is 1. The first-order valence-electron chi connectivity index (χ1n) is 6.53. The van der Waals surface area contributed by atoms with Crippen LogP contribution in [0.4, 0.5) is 0 Å². The molecule has 0 saturated heterocycles. The molecule has 0 atom stereocenters. The van der Waals surface area contributed by atoms with E-state index in [1.54, 1.807) is 18.2 Å². The monoisotopic (exact) mass is 393 g/mol. The van der Waals surface area contributed by atoms with E-state index in [1.165, 1.54) is 0 Å². The number of carbonyl (C=O) groups excluding carboxylic acids is 1. The van der Waals surface area contributed by atoms with Gasteiger partial charge in [-0.2, -0.15) is 0 Å². The van der Waals surface area contributed by atoms with Gasteiger partial charge in [-0.1, -0.05) is 45.7 Å². The predicted octanol–water partition coefficient (Wildman–Crippen LogP) is 6.01. The van der Waals surface area contributed by atoms with Crippen molar-refractivity contribution >= 4 is 55.3 Å². The summed E-state index contributed by atoms with van der Waals surface area (Å²) in [6.07, 6.45) is 0. The van der Waals surface area contributed by atoms with Gasteiger partial charge in [0.2, 0.25) is 0 Å². The summed E-state index contributed by atoms with van der Waals surface area (Å²) in [7, 11) is 0. The predicted molar refractivity (Wildman–Crippen MR) is 94.8 cm³/mol. The van der Waals surface area contributed by atoms with Gasteiger partial charge >= 0.3 is 0 Å². The van der Waals surface area contributed by atoms with E-state index in [4.69, 9.17) is 23.2 Å². The molecule has 2 aromatic carbocycles. The molecule has 5 heteroatoms. The summed E-state index contributed by atoms with van der Waals surface area (Å²) in [6.45, 7) is 1.88. The van der Waals surface area contributed by atoms with Gasteiger partial charge in [-0.25, -0.2) is 4.98 Å². The Hall–Kier alpha value is -1.42. The first-order chi connectivity index (χ1) is 10.5. The van der Waals surface area contributed by atoms with Crippen LogP contribution < -0.4 is 0 Å². The number of hydrogen-bond donors (Lipinski definition) is 0. The topological polar surface area (TPSA) is 30.0 Å². The summed E-state index contributed by atoms with van der Waals surface area (Å²) in [4.78, 5) is 16.5. The molecule has 0 aliphatic rings. The van der Waals surface area contributed by atoms with Crippen molar-refractivity contribution in [1.29, 1.82) is 0 Å². The Balaban J connectivity index is 2.37. The molecule has 0 aliphatic heterocycles. The normalized spacial score (nSPS) is 10.9. The highest BCUT2D eigenvalue weighted by atomic mass is 79.9. The number of nitrogens with zero attached hydrogens (tertiary/aromatic N) is 1. The maximum absolute atomic E-state index is 11.8. The highest BCUT2D eigenvalue weighted by Gasteiger charge is 2.15. The van der Waals surface area contributed by atoms with Crippen molar-refractivity contribution in [3.63, 3.8) is 0 Å². The largest absolute Gasteiger partial charge is 0.276 e. The summed E-state index contributed by atoms with van der Waals surface area (Å²) in [5.74, 6) is 0. The standard InChI is InChI=1S/C17H10BrCl2NO/c1-9-14(19)6-5-12-13(17(20)22)8-15(21-16(9)12)10-3-2-4-11(18)7-10/h2-8H,1H3. The molecule has 0 bridgehead atoms. The van der Waals surface area contributed by atoms with Crippen molar-refractivity contribution in [1.82, 2.24) is 4.98 Å². The van der Waals surface area contributed by atoms with Gasteiger partial charge in [0.25, 0.3) is 5.24 Å². The molecule has 3 aromatic rings. The minimum absolute atomic E-state index is 0.432. The zero-order valence-corrected chi connectivity index (χ0v) is 14.6. The van der Waals surface area contributed by atoms with Crippen LogP contribution in [0.3, 0.4) is 0 Å². The molecule has 3 rings (SSSR count). The lowest BCUT2D eigenvalue weighted by molar-refractivity contribution is 0.108. The van der Waals surface area contributed by atoms with Crippen molar-refractivity contribution < 1.29 is 4.79 Å². The van der Waals surface area contributed by atoms with Gasteiger partial charge in [-0.15, -0.1) is 0 Å². The summed E-state index contributed by atoms with van der Waals surface area (Å²) in [5.41, 5.74) is 3.53. The van der Waals surface area contributed by atoms with E-state index in [9.17, 15) is 4.79 Å². The lowest BCUT2D eigenvalue weighted by atomic mass is 10.0. The van der Waals surface area contributed by atoms with Crippen LogP contribution in [0.25, 0.3) is 22.2 Å². The average Bonchev–Trinajstić information content (AvgIpc) is 2.50. The summed E-state index contributed by atoms with van der Waals surface area (Å²) < 4.78 is 0.938. The number of pyridine rings is 1. The van der Waals surface area contributed by atoms with Crippen LogP contribution >= 0.6 is 39.1 Å². The molecule has 1 aromatic heterocycles. The van der Waals surface area contributed by atoms with Crippen molar-refractivity contribution in [2.24, 2.45) is 0 Å². The molecule has 22 heavy (non-hydrogen) atoms. The Kier molecular flexibility index (Phi) is 4.22. The highest BCUT2D eigenvalue weighted by molar-refractivity contribution is 9.10. The van der Waals surface area contributed by atoms with E-state index >= 15 is 0 Å². The van der Waals surface area contributed by atoms with Crippen molar-refractivity contribution in [3.8, 4) is 11.3 Å². The minimum Gasteiger partial charge on any atom is -0.276 e. The number of aromatic nitrogens is 1. The lowest BCUT2D eigenvalue weighted by Crippen LogP contribution is -1.97. The van der Waals surface area contributed by atoms with Crippen LogP contribution in [0.1, 0.15) is 15.9 Å². The van der Waals surface area contributed by atoms with E-state index in [0.717, 1.165) is 15.6 Å². The van der Waals surface area contributed by atoms with Gasteiger partial charge in [-0.05, 0) is 48.4 Å². The van der Waals surface area contributed by atoms with E-state index in [0.29, 0.717) is 27.2 Å². The van der Waals surface area contributed by atoms with Gasteiger partial charge in [0, 0.05) is 26.0 Å². The lowest BCUT2D eigenvalue weighted by Gasteiger charge is -2.10. The maximum atomic E-state index is 11.8. The van der Waals surface area contributed by atoms with Crippen molar-refractivity contribution in [2.45, 2.75) is 6.92 Å². The van der Waals surface area contributed by atoms with Crippen LogP contribution in [0.2, 0.25) is 5.02 Å². The molecule has 0 fully saturated rings. The summed E-state index contributed by atoms with van der Waals surface area (Å²) >= 11 is 15.4. The van der Waals surface area contributed by atoms with Crippen LogP contribution in [0, 0.1) is 6.92 Å². The third-order valence-electron chi connectivity index (χ3n) is 3.50. The first-order valence-corrected chi connectivity index (χ1v) is 8.08. The Morgan fingerprint density at radius 2 is 1.95 bits per heavy atom. The molecule has 0 unspecified atom stereocenters. The molecular weight excluding hydrogens is 385 g/mol. The van der Waals surface area contributed by atoms with Gasteiger partial charge in [-0.3, -0.25) is 4.79 Å². The smallest absolute Gasteiger partial charge is 0.253 e. The first kappa shape index (κ1) is 15.5. The molecule has 110 valence electrons. The van der Waals surface area contributed by atoms with Gasteiger partial charge < -0.3 is 0 Å². The fraction of sp³-hybridized carbons (Fsp3) is 0.0588. The van der Waals surface area contributed by atoms with Crippen molar-refractivity contribution in [3.05, 3.63) is 63.1 Å². The van der Waals surface area contributed by atoms with Crippen LogP contribution in [0.15, 0.2) is 46.9 Å². The fourth-order valence-electron chi connectivity index (χ4n) is 2.36. The van der Waals surface area contributed by atoms with Gasteiger partial charge in [0.1, 0.15) is 0 Å². The number of halogens is 3. The second-order valence-corrected chi connectivity index (χ2v) is 6.57. The average molecular weight is 395 g/mol. The number of aryl methyl sites for hydroxylation is 1. The molecule has 0 N–H and O–H groups in total. The Morgan fingerprint density at radius 3 is 2.64 bits per heavy atom. The van der Waals surface area contributed by atoms with E-state index < -0.39 is 5.24 Å². The Bertz CT molecular complexity index is 909. The number of carbonyl (C=O) groups is 1. The zero-order chi connectivity index (χ0) is 15.9. The van der Waals surface area contributed by atoms with E-state index in [2.05, 4.69) is 20.9 Å². The van der Waals surface area contributed by atoms with Gasteiger partial charge in [0.15, 0.2) is 0 Å². The third kappa shape index (κ3) is 2.76. The molecule has 0 amide bonds. The van der Waals surface area contributed by atoms with Crippen LogP contribution in [-0.4, -0.2) is 10.2 Å². The molecule has 2 nitrogen and oxygen atoms in total. The van der Waals surface area contributed by atoms with Crippen LogP contribution in [0.5, 0.6) is 0 Å². The number of hydrogen-bond acceptors (Lipinski definition) is 2. The molecule has 0 aliphatic carbocycles. The van der Waals surface area contributed by atoms with Crippen LogP contribution in [-0.2, 0) is 0 Å². The van der Waals surface area contributed by atoms with E-state index in [-0.39, 0.29) is 0 Å².